The standard InChI is InChI=1S/C19H27ClN6O/c1-21-19(23-11-14-26-12-3-2-4-13-26)22-10-9-17-24-18(25-27-17)15-5-7-16(20)8-6-15/h5-8H,2-4,9-14H2,1H3,(H2,21,22,23). The molecule has 0 saturated carbocycles. The number of nitrogens with one attached hydrogen (secondary N) is 2. The van der Waals surface area contributed by atoms with Crippen LogP contribution in [0.1, 0.15) is 25.2 Å². The van der Waals surface area contributed by atoms with Gasteiger partial charge < -0.3 is 20.1 Å². The highest BCUT2D eigenvalue weighted by Gasteiger charge is 2.10. The highest BCUT2D eigenvalue weighted by molar-refractivity contribution is 6.30. The lowest BCUT2D eigenvalue weighted by molar-refractivity contribution is 0.232. The lowest BCUT2D eigenvalue weighted by Crippen LogP contribution is -2.43. The molecule has 0 bridgehead atoms. The van der Waals surface area contributed by atoms with Crippen LogP contribution in [0.2, 0.25) is 5.02 Å². The highest BCUT2D eigenvalue weighted by Crippen LogP contribution is 2.18. The summed E-state index contributed by atoms with van der Waals surface area (Å²) in [6.07, 6.45) is 4.63. The Bertz CT molecular complexity index is 724. The first-order chi connectivity index (χ1) is 13.2. The molecule has 1 fully saturated rings. The predicted molar refractivity (Wildman–Crippen MR) is 108 cm³/mol. The molecule has 0 atom stereocenters. The molecule has 0 aliphatic carbocycles. The minimum Gasteiger partial charge on any atom is -0.356 e. The van der Waals surface area contributed by atoms with Crippen molar-refractivity contribution in [3.63, 3.8) is 0 Å². The van der Waals surface area contributed by atoms with Crippen LogP contribution in [0.4, 0.5) is 0 Å². The van der Waals surface area contributed by atoms with E-state index in [1.807, 2.05) is 24.3 Å². The fourth-order valence-electron chi connectivity index (χ4n) is 3.10. The van der Waals surface area contributed by atoms with Crippen molar-refractivity contribution in [1.29, 1.82) is 0 Å². The third-order valence-corrected chi connectivity index (χ3v) is 4.85. The smallest absolute Gasteiger partial charge is 0.228 e. The largest absolute Gasteiger partial charge is 0.356 e. The van der Waals surface area contributed by atoms with Gasteiger partial charge in [0.05, 0.1) is 0 Å². The fraction of sp³-hybridized carbons (Fsp3) is 0.526. The summed E-state index contributed by atoms with van der Waals surface area (Å²) < 4.78 is 5.32. The van der Waals surface area contributed by atoms with Crippen LogP contribution < -0.4 is 10.6 Å². The first kappa shape index (κ1) is 19.6. The second kappa shape index (κ2) is 10.3. The molecular weight excluding hydrogens is 364 g/mol. The molecule has 1 aliphatic rings. The molecular formula is C19H27ClN6O. The van der Waals surface area contributed by atoms with E-state index in [0.717, 1.165) is 24.6 Å². The van der Waals surface area contributed by atoms with E-state index >= 15 is 0 Å². The zero-order valence-corrected chi connectivity index (χ0v) is 16.5. The zero-order valence-electron chi connectivity index (χ0n) is 15.7. The summed E-state index contributed by atoms with van der Waals surface area (Å²) in [5.41, 5.74) is 0.887. The van der Waals surface area contributed by atoms with Crippen LogP contribution in [0.15, 0.2) is 33.8 Å². The molecule has 0 radical (unpaired) electrons. The topological polar surface area (TPSA) is 78.6 Å². The second-order valence-electron chi connectivity index (χ2n) is 6.60. The Kier molecular flexibility index (Phi) is 7.47. The molecule has 0 unspecified atom stereocenters. The van der Waals surface area contributed by atoms with E-state index in [9.17, 15) is 0 Å². The number of aliphatic imine (C=N–C) groups is 1. The summed E-state index contributed by atoms with van der Waals surface area (Å²) in [5.74, 6) is 1.96. The van der Waals surface area contributed by atoms with Gasteiger partial charge in [-0.2, -0.15) is 4.98 Å². The van der Waals surface area contributed by atoms with E-state index < -0.39 is 0 Å². The summed E-state index contributed by atoms with van der Waals surface area (Å²) in [5, 5.41) is 11.4. The average molecular weight is 391 g/mol. The number of piperidine rings is 1. The molecule has 27 heavy (non-hydrogen) atoms. The number of rotatable bonds is 7. The Morgan fingerprint density at radius 3 is 2.63 bits per heavy atom. The van der Waals surface area contributed by atoms with Crippen molar-refractivity contribution in [3.05, 3.63) is 35.2 Å². The Labute approximate surface area is 165 Å². The number of guanidine groups is 1. The van der Waals surface area contributed by atoms with E-state index in [4.69, 9.17) is 16.1 Å². The van der Waals surface area contributed by atoms with Gasteiger partial charge in [-0.15, -0.1) is 0 Å². The minimum atomic E-state index is 0.575. The molecule has 1 aromatic carbocycles. The van der Waals surface area contributed by atoms with Gasteiger partial charge in [0.2, 0.25) is 11.7 Å². The Morgan fingerprint density at radius 2 is 1.89 bits per heavy atom. The lowest BCUT2D eigenvalue weighted by Gasteiger charge is -2.26. The maximum absolute atomic E-state index is 5.90. The van der Waals surface area contributed by atoms with Crippen LogP contribution in [0.25, 0.3) is 11.4 Å². The quantitative estimate of drug-likeness (QED) is 0.558. The van der Waals surface area contributed by atoms with Crippen LogP contribution >= 0.6 is 11.6 Å². The molecule has 1 aliphatic heterocycles. The molecule has 3 rings (SSSR count). The zero-order chi connectivity index (χ0) is 18.9. The summed E-state index contributed by atoms with van der Waals surface area (Å²) >= 11 is 5.90. The molecule has 0 amide bonds. The molecule has 8 heteroatoms. The number of hydrogen-bond donors (Lipinski definition) is 2. The maximum atomic E-state index is 5.90. The summed E-state index contributed by atoms with van der Waals surface area (Å²) in [7, 11) is 1.78. The lowest BCUT2D eigenvalue weighted by atomic mass is 10.1. The van der Waals surface area contributed by atoms with Gasteiger partial charge >= 0.3 is 0 Å². The number of likely N-dealkylation sites (tertiary alicyclic amines) is 1. The maximum Gasteiger partial charge on any atom is 0.228 e. The molecule has 1 aromatic heterocycles. The monoisotopic (exact) mass is 390 g/mol. The molecule has 1 saturated heterocycles. The number of benzene rings is 1. The van der Waals surface area contributed by atoms with Crippen molar-refractivity contribution in [1.82, 2.24) is 25.7 Å². The third-order valence-electron chi connectivity index (χ3n) is 4.59. The van der Waals surface area contributed by atoms with E-state index in [0.29, 0.717) is 29.7 Å². The van der Waals surface area contributed by atoms with Crippen LogP contribution in [0, 0.1) is 0 Å². The van der Waals surface area contributed by atoms with Crippen molar-refractivity contribution in [2.24, 2.45) is 4.99 Å². The van der Waals surface area contributed by atoms with Crippen LogP contribution in [0.5, 0.6) is 0 Å². The van der Waals surface area contributed by atoms with Crippen molar-refractivity contribution < 1.29 is 4.52 Å². The third kappa shape index (κ3) is 6.22. The first-order valence-electron chi connectivity index (χ1n) is 9.50. The number of hydrogen-bond acceptors (Lipinski definition) is 5. The Morgan fingerprint density at radius 1 is 1.15 bits per heavy atom. The normalized spacial score (nSPS) is 15.7. The summed E-state index contributed by atoms with van der Waals surface area (Å²) in [6.45, 7) is 5.03. The SMILES string of the molecule is CN=C(NCCc1nc(-c2ccc(Cl)cc2)no1)NCCN1CCCCC1. The molecule has 0 spiro atoms. The molecule has 146 valence electrons. The Hall–Kier alpha value is -2.12. The molecule has 7 nitrogen and oxygen atoms in total. The number of aromatic nitrogens is 2. The summed E-state index contributed by atoms with van der Waals surface area (Å²) in [6, 6.07) is 7.38. The molecule has 2 N–H and O–H groups in total. The van der Waals surface area contributed by atoms with Crippen molar-refractivity contribution in [3.8, 4) is 11.4 Å². The Balaban J connectivity index is 1.38. The van der Waals surface area contributed by atoms with Gasteiger partial charge in [-0.05, 0) is 50.2 Å². The van der Waals surface area contributed by atoms with Crippen LogP contribution in [-0.2, 0) is 6.42 Å². The van der Waals surface area contributed by atoms with E-state index in [1.54, 1.807) is 7.05 Å². The van der Waals surface area contributed by atoms with Gasteiger partial charge in [0, 0.05) is 43.7 Å². The van der Waals surface area contributed by atoms with E-state index in [2.05, 4.69) is 30.7 Å². The summed E-state index contributed by atoms with van der Waals surface area (Å²) in [4.78, 5) is 11.2. The fourth-order valence-corrected chi connectivity index (χ4v) is 3.22. The second-order valence-corrected chi connectivity index (χ2v) is 7.03. The minimum absolute atomic E-state index is 0.575. The van der Waals surface area contributed by atoms with Crippen molar-refractivity contribution >= 4 is 17.6 Å². The van der Waals surface area contributed by atoms with Crippen LogP contribution in [0.3, 0.4) is 0 Å². The molecule has 2 heterocycles. The predicted octanol–water partition coefficient (Wildman–Crippen LogP) is 2.58. The average Bonchev–Trinajstić information content (AvgIpc) is 3.17. The van der Waals surface area contributed by atoms with Gasteiger partial charge in [-0.3, -0.25) is 4.99 Å². The number of halogens is 1. The van der Waals surface area contributed by atoms with Gasteiger partial charge in [0.25, 0.3) is 0 Å². The number of nitrogens with zero attached hydrogens (tertiary/aromatic N) is 4. The van der Waals surface area contributed by atoms with Gasteiger partial charge in [0.1, 0.15) is 0 Å². The van der Waals surface area contributed by atoms with Crippen LogP contribution in [-0.4, -0.2) is 60.8 Å². The van der Waals surface area contributed by atoms with Gasteiger partial charge in [0.15, 0.2) is 5.96 Å². The van der Waals surface area contributed by atoms with E-state index in [-0.39, 0.29) is 0 Å². The van der Waals surface area contributed by atoms with Gasteiger partial charge in [-0.25, -0.2) is 0 Å². The van der Waals surface area contributed by atoms with Gasteiger partial charge in [-0.1, -0.05) is 23.2 Å². The van der Waals surface area contributed by atoms with Crippen molar-refractivity contribution in [2.45, 2.75) is 25.7 Å². The van der Waals surface area contributed by atoms with E-state index in [1.165, 1.54) is 32.4 Å². The first-order valence-corrected chi connectivity index (χ1v) is 9.88. The van der Waals surface area contributed by atoms with Crippen molar-refractivity contribution in [2.75, 3.05) is 39.8 Å². The highest BCUT2D eigenvalue weighted by atomic mass is 35.5. The molecule has 2 aromatic rings.